The number of aromatic nitrogens is 2. The van der Waals surface area contributed by atoms with Crippen molar-refractivity contribution in [2.75, 3.05) is 0 Å². The summed E-state index contributed by atoms with van der Waals surface area (Å²) in [6.07, 6.45) is 0.463. The van der Waals surface area contributed by atoms with Gasteiger partial charge < -0.3 is 0 Å². The van der Waals surface area contributed by atoms with Gasteiger partial charge in [0, 0.05) is 12.0 Å². The van der Waals surface area contributed by atoms with E-state index in [-0.39, 0.29) is 5.78 Å². The molecular weight excluding hydrogens is 212 g/mol. The quantitative estimate of drug-likeness (QED) is 0.755. The Hall–Kier alpha value is -2.03. The number of ketones is 1. The molecule has 0 saturated carbocycles. The second-order valence-electron chi connectivity index (χ2n) is 3.83. The zero-order valence-corrected chi connectivity index (χ0v) is 9.97. The fourth-order valence-corrected chi connectivity index (χ4v) is 1.65. The van der Waals surface area contributed by atoms with E-state index in [0.717, 1.165) is 11.3 Å². The summed E-state index contributed by atoms with van der Waals surface area (Å²) in [5.41, 5.74) is 2.30. The minimum atomic E-state index is 0.0488. The summed E-state index contributed by atoms with van der Waals surface area (Å²) in [6.45, 7) is 3.64. The maximum Gasteiger partial charge on any atom is 0.181 e. The number of rotatable bonds is 3. The van der Waals surface area contributed by atoms with Gasteiger partial charge in [0.2, 0.25) is 0 Å². The summed E-state index contributed by atoms with van der Waals surface area (Å²) in [6, 6.07) is 11.6. The van der Waals surface area contributed by atoms with Crippen LogP contribution in [0.3, 0.4) is 0 Å². The maximum absolute atomic E-state index is 11.7. The lowest BCUT2D eigenvalue weighted by Crippen LogP contribution is -2.04. The predicted molar refractivity (Wildman–Crippen MR) is 66.8 cm³/mol. The lowest BCUT2D eigenvalue weighted by molar-refractivity contribution is 0.0983. The largest absolute Gasteiger partial charge is 0.292 e. The number of benzene rings is 1. The van der Waals surface area contributed by atoms with E-state index in [2.05, 4.69) is 9.97 Å². The maximum atomic E-state index is 11.7. The van der Waals surface area contributed by atoms with Gasteiger partial charge in [-0.2, -0.15) is 0 Å². The highest BCUT2D eigenvalue weighted by atomic mass is 16.1. The lowest BCUT2D eigenvalue weighted by Gasteiger charge is -2.04. The van der Waals surface area contributed by atoms with Crippen molar-refractivity contribution in [1.29, 1.82) is 0 Å². The van der Waals surface area contributed by atoms with E-state index in [9.17, 15) is 4.79 Å². The molecule has 0 amide bonds. The van der Waals surface area contributed by atoms with Crippen LogP contribution in [0.5, 0.6) is 0 Å². The topological polar surface area (TPSA) is 42.9 Å². The summed E-state index contributed by atoms with van der Waals surface area (Å²) < 4.78 is 0. The van der Waals surface area contributed by atoms with Crippen LogP contribution in [0, 0.1) is 6.92 Å². The Bertz CT molecular complexity index is 535. The number of carbonyl (C=O) groups excluding carboxylic acids is 1. The van der Waals surface area contributed by atoms with Gasteiger partial charge in [0.05, 0.1) is 5.69 Å². The van der Waals surface area contributed by atoms with Crippen molar-refractivity contribution in [3.8, 4) is 11.3 Å². The molecule has 2 aromatic rings. The number of Topliss-reactive ketones (excluding diaryl/α,β-unsaturated/α-hetero) is 1. The van der Waals surface area contributed by atoms with Gasteiger partial charge in [0.1, 0.15) is 11.5 Å². The van der Waals surface area contributed by atoms with Crippen molar-refractivity contribution in [2.24, 2.45) is 0 Å². The third-order valence-corrected chi connectivity index (χ3v) is 2.51. The Morgan fingerprint density at radius 2 is 1.88 bits per heavy atom. The number of hydrogen-bond acceptors (Lipinski definition) is 3. The van der Waals surface area contributed by atoms with Crippen molar-refractivity contribution < 1.29 is 4.79 Å². The summed E-state index contributed by atoms with van der Waals surface area (Å²) >= 11 is 0. The highest BCUT2D eigenvalue weighted by molar-refractivity contribution is 5.94. The van der Waals surface area contributed by atoms with Crippen molar-refractivity contribution in [2.45, 2.75) is 20.3 Å². The minimum absolute atomic E-state index is 0.0488. The molecule has 1 heterocycles. The first-order valence-electron chi connectivity index (χ1n) is 5.65. The molecule has 0 aliphatic heterocycles. The first kappa shape index (κ1) is 11.5. The number of aryl methyl sites for hydroxylation is 1. The molecule has 86 valence electrons. The molecule has 3 nitrogen and oxygen atoms in total. The number of nitrogens with zero attached hydrogens (tertiary/aromatic N) is 2. The third kappa shape index (κ3) is 2.56. The molecule has 0 fully saturated rings. The monoisotopic (exact) mass is 226 g/mol. The van der Waals surface area contributed by atoms with E-state index in [4.69, 9.17) is 0 Å². The summed E-state index contributed by atoms with van der Waals surface area (Å²) in [5.74, 6) is 0.677. The van der Waals surface area contributed by atoms with E-state index in [1.165, 1.54) is 0 Å². The van der Waals surface area contributed by atoms with Crippen LogP contribution in [0.1, 0.15) is 29.7 Å². The number of carbonyl (C=O) groups is 1. The first-order valence-corrected chi connectivity index (χ1v) is 5.65. The molecule has 0 unspecified atom stereocenters. The normalized spacial score (nSPS) is 10.2. The van der Waals surface area contributed by atoms with Crippen LogP contribution in [-0.2, 0) is 0 Å². The average Bonchev–Trinajstić information content (AvgIpc) is 2.38. The molecule has 0 spiro atoms. The smallest absolute Gasteiger partial charge is 0.181 e. The Morgan fingerprint density at radius 3 is 2.53 bits per heavy atom. The molecule has 3 heteroatoms. The second kappa shape index (κ2) is 4.87. The zero-order valence-electron chi connectivity index (χ0n) is 9.97. The molecule has 0 bridgehead atoms. The Balaban J connectivity index is 2.49. The molecule has 0 aliphatic rings. The molecular formula is C14H14N2O. The Morgan fingerprint density at radius 1 is 1.18 bits per heavy atom. The Labute approximate surface area is 101 Å². The van der Waals surface area contributed by atoms with E-state index in [1.54, 1.807) is 13.0 Å². The van der Waals surface area contributed by atoms with Gasteiger partial charge in [-0.05, 0) is 13.0 Å². The Kier molecular flexibility index (Phi) is 3.28. The van der Waals surface area contributed by atoms with Crippen LogP contribution in [0.4, 0.5) is 0 Å². The molecule has 0 atom stereocenters. The highest BCUT2D eigenvalue weighted by Crippen LogP contribution is 2.17. The zero-order chi connectivity index (χ0) is 12.3. The first-order chi connectivity index (χ1) is 8.20. The van der Waals surface area contributed by atoms with E-state index in [1.807, 2.05) is 37.3 Å². The van der Waals surface area contributed by atoms with Gasteiger partial charge in [-0.15, -0.1) is 0 Å². The van der Waals surface area contributed by atoms with Crippen LogP contribution in [0.15, 0.2) is 36.4 Å². The van der Waals surface area contributed by atoms with Crippen LogP contribution in [0.2, 0.25) is 0 Å². The third-order valence-electron chi connectivity index (χ3n) is 2.51. The SMILES string of the molecule is CCC(=O)c1cc(-c2ccccc2)nc(C)n1. The fraction of sp³-hybridized carbons (Fsp3) is 0.214. The van der Waals surface area contributed by atoms with Gasteiger partial charge >= 0.3 is 0 Å². The summed E-state index contributed by atoms with van der Waals surface area (Å²) in [7, 11) is 0. The molecule has 0 N–H and O–H groups in total. The van der Waals surface area contributed by atoms with Crippen LogP contribution >= 0.6 is 0 Å². The van der Waals surface area contributed by atoms with Crippen molar-refractivity contribution in [3.05, 3.63) is 47.9 Å². The fourth-order valence-electron chi connectivity index (χ4n) is 1.65. The molecule has 0 radical (unpaired) electrons. The minimum Gasteiger partial charge on any atom is -0.292 e. The van der Waals surface area contributed by atoms with Gasteiger partial charge in [-0.3, -0.25) is 4.79 Å². The van der Waals surface area contributed by atoms with Crippen molar-refractivity contribution >= 4 is 5.78 Å². The van der Waals surface area contributed by atoms with E-state index < -0.39 is 0 Å². The average molecular weight is 226 g/mol. The van der Waals surface area contributed by atoms with Crippen molar-refractivity contribution in [3.63, 3.8) is 0 Å². The van der Waals surface area contributed by atoms with Crippen molar-refractivity contribution in [1.82, 2.24) is 9.97 Å². The van der Waals surface area contributed by atoms with Gasteiger partial charge in [-0.25, -0.2) is 9.97 Å². The highest BCUT2D eigenvalue weighted by Gasteiger charge is 2.09. The summed E-state index contributed by atoms with van der Waals surface area (Å²) in [5, 5.41) is 0. The number of hydrogen-bond donors (Lipinski definition) is 0. The van der Waals surface area contributed by atoms with Crippen LogP contribution < -0.4 is 0 Å². The second-order valence-corrected chi connectivity index (χ2v) is 3.83. The molecule has 1 aromatic carbocycles. The molecule has 17 heavy (non-hydrogen) atoms. The predicted octanol–water partition coefficient (Wildman–Crippen LogP) is 3.04. The van der Waals surface area contributed by atoms with Gasteiger partial charge in [0.25, 0.3) is 0 Å². The summed E-state index contributed by atoms with van der Waals surface area (Å²) in [4.78, 5) is 20.2. The molecule has 2 rings (SSSR count). The van der Waals surface area contributed by atoms with E-state index >= 15 is 0 Å². The van der Waals surface area contributed by atoms with Crippen LogP contribution in [0.25, 0.3) is 11.3 Å². The molecule has 0 saturated heterocycles. The van der Waals surface area contributed by atoms with E-state index in [0.29, 0.717) is 17.9 Å². The standard InChI is InChI=1S/C14H14N2O/c1-3-14(17)13-9-12(15-10(2)16-13)11-7-5-4-6-8-11/h4-9H,3H2,1-2H3. The van der Waals surface area contributed by atoms with Crippen LogP contribution in [-0.4, -0.2) is 15.8 Å². The molecule has 1 aromatic heterocycles. The molecule has 0 aliphatic carbocycles. The van der Waals surface area contributed by atoms with Gasteiger partial charge in [0.15, 0.2) is 5.78 Å². The van der Waals surface area contributed by atoms with Gasteiger partial charge in [-0.1, -0.05) is 37.3 Å². The lowest BCUT2D eigenvalue weighted by atomic mass is 10.1.